The van der Waals surface area contributed by atoms with Crippen molar-refractivity contribution in [2.45, 2.75) is 38.5 Å². The summed E-state index contributed by atoms with van der Waals surface area (Å²) in [6.45, 7) is 0. The van der Waals surface area contributed by atoms with Crippen LogP contribution in [-0.2, 0) is 38.5 Å². The Bertz CT molecular complexity index is 996. The van der Waals surface area contributed by atoms with Crippen LogP contribution in [0.3, 0.4) is 0 Å². The topological polar surface area (TPSA) is 38.1 Å². The molecule has 28 heavy (non-hydrogen) atoms. The average molecular weight is 365 g/mol. The zero-order valence-corrected chi connectivity index (χ0v) is 15.9. The molecule has 1 aliphatic heterocycles. The molecule has 0 unspecified atom stereocenters. The third-order valence-corrected chi connectivity index (χ3v) is 5.61. The first-order valence-corrected chi connectivity index (χ1v) is 10.1. The van der Waals surface area contributed by atoms with Crippen LogP contribution in [-0.4, -0.2) is 16.2 Å². The number of hydrogen-bond donors (Lipinski definition) is 0. The molecule has 0 bridgehead atoms. The second-order valence-electron chi connectivity index (χ2n) is 7.58. The van der Waals surface area contributed by atoms with E-state index < -0.39 is 0 Å². The van der Waals surface area contributed by atoms with Crippen molar-refractivity contribution in [3.8, 4) is 0 Å². The van der Waals surface area contributed by atoms with Crippen molar-refractivity contribution in [1.29, 1.82) is 0 Å². The maximum atomic E-state index is 4.79. The van der Waals surface area contributed by atoms with Gasteiger partial charge in [-0.3, -0.25) is 4.99 Å². The molecule has 1 aliphatic carbocycles. The average Bonchev–Trinajstić information content (AvgIpc) is 3.39. The van der Waals surface area contributed by atoms with Gasteiger partial charge >= 0.3 is 0 Å². The third-order valence-electron chi connectivity index (χ3n) is 5.61. The molecule has 2 aliphatic rings. The van der Waals surface area contributed by atoms with Crippen LogP contribution in [0.25, 0.3) is 6.08 Å². The van der Waals surface area contributed by atoms with E-state index in [0.717, 1.165) is 55.7 Å². The minimum absolute atomic E-state index is 0.861. The molecule has 0 N–H and O–H groups in total. The van der Waals surface area contributed by atoms with Crippen molar-refractivity contribution in [2.75, 3.05) is 0 Å². The second kappa shape index (κ2) is 7.51. The largest absolute Gasteiger partial charge is 0.261 e. The van der Waals surface area contributed by atoms with E-state index in [1.807, 2.05) is 18.5 Å². The zero-order chi connectivity index (χ0) is 18.8. The highest BCUT2D eigenvalue weighted by molar-refractivity contribution is 5.75. The van der Waals surface area contributed by atoms with Crippen molar-refractivity contribution in [1.82, 2.24) is 9.97 Å². The van der Waals surface area contributed by atoms with E-state index in [0.29, 0.717) is 0 Å². The van der Waals surface area contributed by atoms with Gasteiger partial charge in [0, 0.05) is 30.9 Å². The summed E-state index contributed by atoms with van der Waals surface area (Å²) in [5.41, 5.74) is 9.06. The molecule has 0 amide bonds. The molecule has 2 aromatic carbocycles. The molecule has 0 atom stereocenters. The zero-order valence-electron chi connectivity index (χ0n) is 15.9. The number of rotatable bonds is 6. The van der Waals surface area contributed by atoms with Crippen LogP contribution in [0.5, 0.6) is 0 Å². The summed E-state index contributed by atoms with van der Waals surface area (Å²) in [5.74, 6) is 0.929. The van der Waals surface area contributed by atoms with Gasteiger partial charge in [-0.2, -0.15) is 0 Å². The number of hydrogen-bond acceptors (Lipinski definition) is 3. The van der Waals surface area contributed by atoms with Crippen molar-refractivity contribution < 1.29 is 0 Å². The lowest BCUT2D eigenvalue weighted by Gasteiger charge is -2.07. The van der Waals surface area contributed by atoms with E-state index >= 15 is 0 Å². The first-order valence-electron chi connectivity index (χ1n) is 10.1. The number of benzene rings is 2. The molecule has 3 heteroatoms. The highest BCUT2D eigenvalue weighted by atomic mass is 14.9. The molecule has 0 spiro atoms. The SMILES string of the molecule is C1=Cc2cc(CCc3ccnc(CCc4ccc5c(c4)N=CC5)n3)ccc2C1. The standard InChI is InChI=1S/C25H23N3/c1-2-20-8-4-18(16-22(20)3-1)6-10-23-13-15-27-25(28-23)11-7-19-5-9-21-12-14-26-24(21)17-19/h1,3-5,8-9,13-17H,2,6-7,10-12H2. The predicted octanol–water partition coefficient (Wildman–Crippen LogP) is 4.87. The molecular weight excluding hydrogens is 342 g/mol. The number of aromatic nitrogens is 2. The fraction of sp³-hybridized carbons (Fsp3) is 0.240. The van der Waals surface area contributed by atoms with Crippen molar-refractivity contribution in [3.63, 3.8) is 0 Å². The van der Waals surface area contributed by atoms with E-state index in [4.69, 9.17) is 4.98 Å². The molecule has 0 fully saturated rings. The molecule has 1 aromatic heterocycles. The van der Waals surface area contributed by atoms with Gasteiger partial charge in [0.15, 0.2) is 0 Å². The Morgan fingerprint density at radius 1 is 0.786 bits per heavy atom. The summed E-state index contributed by atoms with van der Waals surface area (Å²) < 4.78 is 0. The van der Waals surface area contributed by atoms with Crippen LogP contribution >= 0.6 is 0 Å². The quantitative estimate of drug-likeness (QED) is 0.625. The van der Waals surface area contributed by atoms with Crippen LogP contribution in [0.4, 0.5) is 5.69 Å². The molecule has 0 saturated heterocycles. The van der Waals surface area contributed by atoms with E-state index in [1.54, 1.807) is 0 Å². The van der Waals surface area contributed by atoms with Gasteiger partial charge in [0.25, 0.3) is 0 Å². The molecular formula is C25H23N3. The Balaban J connectivity index is 1.21. The minimum Gasteiger partial charge on any atom is -0.261 e. The number of nitrogens with zero attached hydrogens (tertiary/aromatic N) is 3. The number of allylic oxidation sites excluding steroid dienone is 1. The third kappa shape index (κ3) is 3.65. The predicted molar refractivity (Wildman–Crippen MR) is 114 cm³/mol. The lowest BCUT2D eigenvalue weighted by atomic mass is 10.0. The van der Waals surface area contributed by atoms with Gasteiger partial charge in [-0.1, -0.05) is 42.5 Å². The van der Waals surface area contributed by atoms with E-state index in [2.05, 4.69) is 58.5 Å². The maximum Gasteiger partial charge on any atom is 0.128 e. The first kappa shape index (κ1) is 17.1. The molecule has 3 aromatic rings. The van der Waals surface area contributed by atoms with Gasteiger partial charge in [0.05, 0.1) is 5.69 Å². The lowest BCUT2D eigenvalue weighted by Crippen LogP contribution is -2.02. The summed E-state index contributed by atoms with van der Waals surface area (Å²) in [7, 11) is 0. The van der Waals surface area contributed by atoms with E-state index in [-0.39, 0.29) is 0 Å². The highest BCUT2D eigenvalue weighted by Gasteiger charge is 2.09. The summed E-state index contributed by atoms with van der Waals surface area (Å²) in [6, 6.07) is 15.5. The minimum atomic E-state index is 0.861. The van der Waals surface area contributed by atoms with Crippen LogP contribution in [0, 0.1) is 0 Å². The Hall–Kier alpha value is -3.07. The summed E-state index contributed by atoms with van der Waals surface area (Å²) in [5, 5.41) is 0. The van der Waals surface area contributed by atoms with Crippen LogP contribution in [0.15, 0.2) is 59.7 Å². The monoisotopic (exact) mass is 365 g/mol. The van der Waals surface area contributed by atoms with Gasteiger partial charge in [0.2, 0.25) is 0 Å². The van der Waals surface area contributed by atoms with Gasteiger partial charge in [0.1, 0.15) is 5.82 Å². The van der Waals surface area contributed by atoms with Gasteiger partial charge in [-0.15, -0.1) is 0 Å². The maximum absolute atomic E-state index is 4.79. The molecule has 0 radical (unpaired) electrons. The Morgan fingerprint density at radius 2 is 1.64 bits per heavy atom. The highest BCUT2D eigenvalue weighted by Crippen LogP contribution is 2.25. The van der Waals surface area contributed by atoms with Crippen molar-refractivity contribution >= 4 is 18.0 Å². The van der Waals surface area contributed by atoms with Crippen LogP contribution < -0.4 is 0 Å². The summed E-state index contributed by atoms with van der Waals surface area (Å²) in [6.07, 6.45) is 14.1. The Kier molecular flexibility index (Phi) is 4.58. The molecule has 3 nitrogen and oxygen atoms in total. The van der Waals surface area contributed by atoms with Crippen LogP contribution in [0.2, 0.25) is 0 Å². The number of aryl methyl sites for hydroxylation is 4. The molecule has 5 rings (SSSR count). The number of fused-ring (bicyclic) bond motifs is 2. The van der Waals surface area contributed by atoms with E-state index in [9.17, 15) is 0 Å². The molecule has 138 valence electrons. The first-order chi connectivity index (χ1) is 13.8. The van der Waals surface area contributed by atoms with Crippen molar-refractivity contribution in [3.05, 3.63) is 94.1 Å². The van der Waals surface area contributed by atoms with Gasteiger partial charge in [-0.05, 0) is 65.6 Å². The van der Waals surface area contributed by atoms with Gasteiger partial charge < -0.3 is 0 Å². The Labute approximate surface area is 165 Å². The molecule has 2 heterocycles. The smallest absolute Gasteiger partial charge is 0.128 e. The number of aliphatic imine (C=N–C) groups is 1. The van der Waals surface area contributed by atoms with E-state index in [1.165, 1.54) is 27.8 Å². The summed E-state index contributed by atoms with van der Waals surface area (Å²) >= 11 is 0. The fourth-order valence-electron chi connectivity index (χ4n) is 3.98. The second-order valence-corrected chi connectivity index (χ2v) is 7.58. The van der Waals surface area contributed by atoms with Crippen LogP contribution in [0.1, 0.15) is 39.3 Å². The summed E-state index contributed by atoms with van der Waals surface area (Å²) in [4.78, 5) is 13.7. The Morgan fingerprint density at radius 3 is 2.61 bits per heavy atom. The fourth-order valence-corrected chi connectivity index (χ4v) is 3.98. The lowest BCUT2D eigenvalue weighted by molar-refractivity contribution is 0.814. The van der Waals surface area contributed by atoms with Gasteiger partial charge in [-0.25, -0.2) is 9.97 Å². The molecule has 0 saturated carbocycles. The normalized spacial score (nSPS) is 13.7. The van der Waals surface area contributed by atoms with Crippen molar-refractivity contribution in [2.24, 2.45) is 4.99 Å².